The van der Waals surface area contributed by atoms with Crippen LogP contribution in [0.5, 0.6) is 0 Å². The second-order valence-electron chi connectivity index (χ2n) is 5.34. The maximum Gasteiger partial charge on any atom is 0.0170 e. The number of hydrogen-bond acceptors (Lipinski definition) is 1. The molecule has 1 aromatic carbocycles. The quantitative estimate of drug-likeness (QED) is 0.735. The largest absolute Gasteiger partial charge is 0.313 e. The molecule has 0 atom stereocenters. The summed E-state index contributed by atoms with van der Waals surface area (Å²) >= 11 is 0. The molecule has 0 saturated carbocycles. The zero-order valence-corrected chi connectivity index (χ0v) is 12.5. The Hall–Kier alpha value is -1.08. The maximum absolute atomic E-state index is 3.50. The second kappa shape index (κ2) is 7.38. The van der Waals surface area contributed by atoms with E-state index < -0.39 is 0 Å². The van der Waals surface area contributed by atoms with Crippen molar-refractivity contribution in [2.24, 2.45) is 5.92 Å². The van der Waals surface area contributed by atoms with Gasteiger partial charge in [0.1, 0.15) is 0 Å². The van der Waals surface area contributed by atoms with E-state index in [2.05, 4.69) is 64.2 Å². The van der Waals surface area contributed by atoms with E-state index in [4.69, 9.17) is 0 Å². The fraction of sp³-hybridized carbons (Fsp3) is 0.529. The van der Waals surface area contributed by atoms with Crippen molar-refractivity contribution in [3.63, 3.8) is 0 Å². The smallest absolute Gasteiger partial charge is 0.0170 e. The summed E-state index contributed by atoms with van der Waals surface area (Å²) in [5, 5.41) is 3.50. The lowest BCUT2D eigenvalue weighted by Crippen LogP contribution is -2.20. The molecule has 0 radical (unpaired) electrons. The summed E-state index contributed by atoms with van der Waals surface area (Å²) in [5.41, 5.74) is 5.61. The maximum atomic E-state index is 3.50. The van der Waals surface area contributed by atoms with Crippen molar-refractivity contribution in [3.8, 4) is 0 Å². The van der Waals surface area contributed by atoms with Crippen LogP contribution in [-0.4, -0.2) is 13.1 Å². The molecule has 0 bridgehead atoms. The van der Waals surface area contributed by atoms with Crippen molar-refractivity contribution < 1.29 is 0 Å². The van der Waals surface area contributed by atoms with E-state index in [1.807, 2.05) is 0 Å². The van der Waals surface area contributed by atoms with Gasteiger partial charge in [-0.3, -0.25) is 0 Å². The van der Waals surface area contributed by atoms with Crippen molar-refractivity contribution in [3.05, 3.63) is 40.5 Å². The van der Waals surface area contributed by atoms with Crippen molar-refractivity contribution in [1.82, 2.24) is 5.32 Å². The van der Waals surface area contributed by atoms with Crippen LogP contribution >= 0.6 is 0 Å². The van der Waals surface area contributed by atoms with Crippen LogP contribution in [0.3, 0.4) is 0 Å². The third-order valence-electron chi connectivity index (χ3n) is 3.48. The van der Waals surface area contributed by atoms with Crippen LogP contribution in [0.25, 0.3) is 6.08 Å². The summed E-state index contributed by atoms with van der Waals surface area (Å²) in [4.78, 5) is 0. The Kier molecular flexibility index (Phi) is 6.14. The molecule has 1 nitrogen and oxygen atoms in total. The summed E-state index contributed by atoms with van der Waals surface area (Å²) < 4.78 is 0. The molecule has 0 aromatic heterocycles. The average Bonchev–Trinajstić information content (AvgIpc) is 2.33. The van der Waals surface area contributed by atoms with Gasteiger partial charge in [-0.05, 0) is 49.4 Å². The zero-order chi connectivity index (χ0) is 13.5. The minimum atomic E-state index is 0.592. The summed E-state index contributed by atoms with van der Waals surface area (Å²) in [5.74, 6) is 0.592. The number of nitrogens with one attached hydrogen (secondary N) is 1. The molecule has 18 heavy (non-hydrogen) atoms. The molecule has 0 aliphatic rings. The van der Waals surface area contributed by atoms with Crippen LogP contribution in [0, 0.1) is 19.8 Å². The van der Waals surface area contributed by atoms with Gasteiger partial charge >= 0.3 is 0 Å². The molecule has 0 heterocycles. The highest BCUT2D eigenvalue weighted by molar-refractivity contribution is 5.58. The Morgan fingerprint density at radius 1 is 1.28 bits per heavy atom. The van der Waals surface area contributed by atoms with Gasteiger partial charge in [0, 0.05) is 6.54 Å². The third kappa shape index (κ3) is 4.30. The summed E-state index contributed by atoms with van der Waals surface area (Å²) in [6, 6.07) is 6.53. The van der Waals surface area contributed by atoms with Gasteiger partial charge in [0.2, 0.25) is 0 Å². The van der Waals surface area contributed by atoms with Gasteiger partial charge in [-0.1, -0.05) is 50.6 Å². The van der Waals surface area contributed by atoms with Crippen LogP contribution in [0.15, 0.2) is 23.8 Å². The summed E-state index contributed by atoms with van der Waals surface area (Å²) in [6.07, 6.45) is 3.55. The molecule has 100 valence electrons. The Morgan fingerprint density at radius 3 is 2.61 bits per heavy atom. The van der Waals surface area contributed by atoms with Gasteiger partial charge < -0.3 is 5.32 Å². The van der Waals surface area contributed by atoms with E-state index in [1.54, 1.807) is 0 Å². The highest BCUT2D eigenvalue weighted by Gasteiger charge is 2.05. The van der Waals surface area contributed by atoms with Gasteiger partial charge in [0.25, 0.3) is 0 Å². The van der Waals surface area contributed by atoms with E-state index in [9.17, 15) is 0 Å². The topological polar surface area (TPSA) is 12.0 Å². The van der Waals surface area contributed by atoms with Crippen LogP contribution in [0.4, 0.5) is 0 Å². The van der Waals surface area contributed by atoms with Gasteiger partial charge in [-0.25, -0.2) is 0 Å². The molecule has 1 N–H and O–H groups in total. The summed E-state index contributed by atoms with van der Waals surface area (Å²) in [7, 11) is 0. The molecule has 1 rings (SSSR count). The minimum absolute atomic E-state index is 0.592. The fourth-order valence-corrected chi connectivity index (χ4v) is 1.96. The monoisotopic (exact) mass is 245 g/mol. The number of rotatable bonds is 6. The fourth-order valence-electron chi connectivity index (χ4n) is 1.96. The van der Waals surface area contributed by atoms with E-state index in [-0.39, 0.29) is 0 Å². The molecule has 0 fully saturated rings. The molecule has 0 unspecified atom stereocenters. The van der Waals surface area contributed by atoms with Gasteiger partial charge in [0.15, 0.2) is 0 Å². The first-order valence-corrected chi connectivity index (χ1v) is 7.03. The first-order chi connectivity index (χ1) is 8.56. The predicted octanol–water partition coefficient (Wildman–Crippen LogP) is 4.34. The Bertz CT molecular complexity index is 402. The van der Waals surface area contributed by atoms with E-state index in [0.717, 1.165) is 13.1 Å². The molecule has 0 aliphatic carbocycles. The molecule has 0 amide bonds. The van der Waals surface area contributed by atoms with Gasteiger partial charge in [0.05, 0.1) is 0 Å². The van der Waals surface area contributed by atoms with Crippen LogP contribution in [-0.2, 0) is 0 Å². The van der Waals surface area contributed by atoms with Crippen LogP contribution in [0.1, 0.15) is 43.9 Å². The number of hydrogen-bond donors (Lipinski definition) is 1. The van der Waals surface area contributed by atoms with E-state index in [1.165, 1.54) is 28.7 Å². The first-order valence-electron chi connectivity index (χ1n) is 7.03. The molecular formula is C17H27N. The Morgan fingerprint density at radius 2 is 2.00 bits per heavy atom. The van der Waals surface area contributed by atoms with Gasteiger partial charge in [-0.15, -0.1) is 0 Å². The van der Waals surface area contributed by atoms with Crippen molar-refractivity contribution >= 4 is 6.08 Å². The minimum Gasteiger partial charge on any atom is -0.313 e. The lowest BCUT2D eigenvalue weighted by Gasteiger charge is -2.14. The Labute approximate surface area is 112 Å². The van der Waals surface area contributed by atoms with Crippen LogP contribution < -0.4 is 5.32 Å². The molecule has 1 aromatic rings. The van der Waals surface area contributed by atoms with Gasteiger partial charge in [-0.2, -0.15) is 0 Å². The number of aryl methyl sites for hydroxylation is 1. The highest BCUT2D eigenvalue weighted by Crippen LogP contribution is 2.19. The highest BCUT2D eigenvalue weighted by atomic mass is 14.8. The third-order valence-corrected chi connectivity index (χ3v) is 3.48. The van der Waals surface area contributed by atoms with E-state index in [0.29, 0.717) is 5.92 Å². The zero-order valence-electron chi connectivity index (χ0n) is 12.5. The van der Waals surface area contributed by atoms with Crippen LogP contribution in [0.2, 0.25) is 0 Å². The molecule has 0 saturated heterocycles. The second-order valence-corrected chi connectivity index (χ2v) is 5.34. The standard InChI is InChI=1S/C17H27N/c1-6-10-18-12-17(13(2)3)11-16-9-7-8-14(4)15(16)5/h7-9,11,13,18H,6,10,12H2,1-5H3. The van der Waals surface area contributed by atoms with Crippen molar-refractivity contribution in [2.45, 2.75) is 41.0 Å². The Balaban J connectivity index is 2.90. The van der Waals surface area contributed by atoms with E-state index >= 15 is 0 Å². The lowest BCUT2D eigenvalue weighted by atomic mass is 9.96. The molecule has 0 spiro atoms. The number of benzene rings is 1. The normalized spacial score (nSPS) is 12.2. The SMILES string of the molecule is CCCNCC(=Cc1cccc(C)c1C)C(C)C. The molecule has 0 aliphatic heterocycles. The first kappa shape index (κ1) is 15.0. The van der Waals surface area contributed by atoms with Crippen molar-refractivity contribution in [2.75, 3.05) is 13.1 Å². The predicted molar refractivity (Wildman–Crippen MR) is 81.9 cm³/mol. The lowest BCUT2D eigenvalue weighted by molar-refractivity contribution is 0.657. The van der Waals surface area contributed by atoms with Crippen molar-refractivity contribution in [1.29, 1.82) is 0 Å². The average molecular weight is 245 g/mol. The molecular weight excluding hydrogens is 218 g/mol. The summed E-state index contributed by atoms with van der Waals surface area (Å²) in [6.45, 7) is 13.2. The molecule has 1 heteroatoms.